The predicted molar refractivity (Wildman–Crippen MR) is 103 cm³/mol. The van der Waals surface area contributed by atoms with Crippen LogP contribution in [0.5, 0.6) is 0 Å². The SMILES string of the molecule is O=C(O)C1CCC(C(=O)Nc2cccc(-c3nc4ccccc4[nH]3)c2)CC1. The summed E-state index contributed by atoms with van der Waals surface area (Å²) in [5.74, 6) is -0.483. The van der Waals surface area contributed by atoms with Gasteiger partial charge in [0.1, 0.15) is 5.82 Å². The fourth-order valence-electron chi connectivity index (χ4n) is 3.68. The number of fused-ring (bicyclic) bond motifs is 1. The van der Waals surface area contributed by atoms with E-state index in [0.717, 1.165) is 28.1 Å². The maximum Gasteiger partial charge on any atom is 0.306 e. The Morgan fingerprint density at radius 2 is 1.74 bits per heavy atom. The van der Waals surface area contributed by atoms with Crippen molar-refractivity contribution in [2.75, 3.05) is 5.32 Å². The molecule has 0 atom stereocenters. The number of carbonyl (C=O) groups is 2. The number of nitrogens with zero attached hydrogens (tertiary/aromatic N) is 1. The molecule has 0 saturated heterocycles. The van der Waals surface area contributed by atoms with Crippen molar-refractivity contribution in [2.24, 2.45) is 11.8 Å². The van der Waals surface area contributed by atoms with E-state index in [1.165, 1.54) is 0 Å². The van der Waals surface area contributed by atoms with E-state index in [4.69, 9.17) is 5.11 Å². The predicted octanol–water partition coefficient (Wildman–Crippen LogP) is 4.06. The van der Waals surface area contributed by atoms with E-state index in [1.54, 1.807) is 0 Å². The summed E-state index contributed by atoms with van der Waals surface area (Å²) in [5, 5.41) is 12.1. The van der Waals surface area contributed by atoms with Crippen LogP contribution in [0.15, 0.2) is 48.5 Å². The third kappa shape index (κ3) is 3.69. The second-order valence-electron chi connectivity index (χ2n) is 7.06. The Balaban J connectivity index is 1.46. The van der Waals surface area contributed by atoms with Crippen LogP contribution in [0.4, 0.5) is 5.69 Å². The van der Waals surface area contributed by atoms with E-state index in [1.807, 2.05) is 48.5 Å². The van der Waals surface area contributed by atoms with E-state index < -0.39 is 5.97 Å². The van der Waals surface area contributed by atoms with Crippen molar-refractivity contribution < 1.29 is 14.7 Å². The van der Waals surface area contributed by atoms with Gasteiger partial charge >= 0.3 is 5.97 Å². The molecule has 0 radical (unpaired) electrons. The van der Waals surface area contributed by atoms with Gasteiger partial charge in [0.25, 0.3) is 0 Å². The van der Waals surface area contributed by atoms with Crippen LogP contribution in [0.25, 0.3) is 22.4 Å². The molecule has 138 valence electrons. The Hall–Kier alpha value is -3.15. The topological polar surface area (TPSA) is 95.1 Å². The van der Waals surface area contributed by atoms with Gasteiger partial charge in [0.05, 0.1) is 17.0 Å². The highest BCUT2D eigenvalue weighted by molar-refractivity contribution is 5.93. The van der Waals surface area contributed by atoms with Crippen LogP contribution in [-0.4, -0.2) is 27.0 Å². The van der Waals surface area contributed by atoms with Gasteiger partial charge in [-0.3, -0.25) is 9.59 Å². The van der Waals surface area contributed by atoms with Crippen molar-refractivity contribution in [1.29, 1.82) is 0 Å². The number of hydrogen-bond acceptors (Lipinski definition) is 3. The Bertz CT molecular complexity index is 954. The van der Waals surface area contributed by atoms with Crippen LogP contribution in [0, 0.1) is 11.8 Å². The molecule has 1 aliphatic rings. The molecule has 0 aliphatic heterocycles. The summed E-state index contributed by atoms with van der Waals surface area (Å²) in [6.45, 7) is 0. The normalized spacial score (nSPS) is 19.7. The van der Waals surface area contributed by atoms with E-state index in [9.17, 15) is 9.59 Å². The number of imidazole rings is 1. The molecule has 6 nitrogen and oxygen atoms in total. The fraction of sp³-hybridized carbons (Fsp3) is 0.286. The number of aliphatic carboxylic acids is 1. The number of carboxylic acids is 1. The Labute approximate surface area is 156 Å². The lowest BCUT2D eigenvalue weighted by Gasteiger charge is -2.25. The molecule has 0 spiro atoms. The summed E-state index contributed by atoms with van der Waals surface area (Å²) in [5.41, 5.74) is 3.49. The van der Waals surface area contributed by atoms with Gasteiger partial charge in [-0.05, 0) is 49.9 Å². The van der Waals surface area contributed by atoms with E-state index in [2.05, 4.69) is 15.3 Å². The molecule has 3 aromatic rings. The third-order valence-electron chi connectivity index (χ3n) is 5.24. The van der Waals surface area contributed by atoms with Crippen LogP contribution in [-0.2, 0) is 9.59 Å². The number of nitrogens with one attached hydrogen (secondary N) is 2. The fourth-order valence-corrected chi connectivity index (χ4v) is 3.68. The minimum absolute atomic E-state index is 0.0411. The minimum atomic E-state index is -0.757. The molecule has 1 aliphatic carbocycles. The second-order valence-corrected chi connectivity index (χ2v) is 7.06. The summed E-state index contributed by atoms with van der Waals surface area (Å²) in [6.07, 6.45) is 2.36. The van der Waals surface area contributed by atoms with E-state index in [0.29, 0.717) is 25.7 Å². The first-order chi connectivity index (χ1) is 13.1. The molecular weight excluding hydrogens is 342 g/mol. The molecule has 3 N–H and O–H groups in total. The van der Waals surface area contributed by atoms with Gasteiger partial charge in [-0.15, -0.1) is 0 Å². The van der Waals surface area contributed by atoms with E-state index >= 15 is 0 Å². The standard InChI is InChI=1S/C21H21N3O3/c25-20(13-8-10-14(11-9-13)21(26)27)22-16-5-3-4-15(12-16)19-23-17-6-1-2-7-18(17)24-19/h1-7,12-14H,8-11H2,(H,22,25)(H,23,24)(H,26,27). The van der Waals surface area contributed by atoms with Crippen molar-refractivity contribution in [3.8, 4) is 11.4 Å². The largest absolute Gasteiger partial charge is 0.481 e. The summed E-state index contributed by atoms with van der Waals surface area (Å²) in [6, 6.07) is 15.4. The minimum Gasteiger partial charge on any atom is -0.481 e. The number of anilines is 1. The van der Waals surface area contributed by atoms with Crippen LogP contribution < -0.4 is 5.32 Å². The summed E-state index contributed by atoms with van der Waals surface area (Å²) >= 11 is 0. The molecule has 0 unspecified atom stereocenters. The second kappa shape index (κ2) is 7.23. The number of aromatic nitrogens is 2. The molecule has 27 heavy (non-hydrogen) atoms. The van der Waals surface area contributed by atoms with Crippen molar-refractivity contribution >= 4 is 28.6 Å². The molecule has 2 aromatic carbocycles. The zero-order valence-electron chi connectivity index (χ0n) is 14.8. The van der Waals surface area contributed by atoms with Gasteiger partial charge in [-0.25, -0.2) is 4.98 Å². The number of aromatic amines is 1. The maximum atomic E-state index is 12.6. The van der Waals surface area contributed by atoms with Crippen molar-refractivity contribution in [3.63, 3.8) is 0 Å². The molecule has 1 amide bonds. The van der Waals surface area contributed by atoms with Gasteiger partial charge < -0.3 is 15.4 Å². The van der Waals surface area contributed by atoms with Crippen LogP contribution in [0.3, 0.4) is 0 Å². The van der Waals surface area contributed by atoms with E-state index in [-0.39, 0.29) is 17.7 Å². The molecule has 1 saturated carbocycles. The van der Waals surface area contributed by atoms with Crippen molar-refractivity contribution in [2.45, 2.75) is 25.7 Å². The number of rotatable bonds is 4. The number of para-hydroxylation sites is 2. The zero-order valence-corrected chi connectivity index (χ0v) is 14.8. The molecule has 1 heterocycles. The quantitative estimate of drug-likeness (QED) is 0.651. The Morgan fingerprint density at radius 1 is 1.00 bits per heavy atom. The first-order valence-electron chi connectivity index (χ1n) is 9.19. The molecule has 6 heteroatoms. The number of carbonyl (C=O) groups excluding carboxylic acids is 1. The lowest BCUT2D eigenvalue weighted by atomic mass is 9.81. The summed E-state index contributed by atoms with van der Waals surface area (Å²) in [7, 11) is 0. The number of carboxylic acid groups (broad SMARTS) is 1. The number of benzene rings is 2. The van der Waals surface area contributed by atoms with Gasteiger partial charge in [0.15, 0.2) is 0 Å². The first-order valence-corrected chi connectivity index (χ1v) is 9.19. The van der Waals surface area contributed by atoms with Gasteiger partial charge in [0, 0.05) is 17.2 Å². The monoisotopic (exact) mass is 363 g/mol. The Kier molecular flexibility index (Phi) is 4.62. The maximum absolute atomic E-state index is 12.6. The van der Waals surface area contributed by atoms with Crippen LogP contribution >= 0.6 is 0 Å². The third-order valence-corrected chi connectivity index (χ3v) is 5.24. The van der Waals surface area contributed by atoms with Crippen LogP contribution in [0.2, 0.25) is 0 Å². The highest BCUT2D eigenvalue weighted by Gasteiger charge is 2.29. The van der Waals surface area contributed by atoms with Gasteiger partial charge in [-0.1, -0.05) is 24.3 Å². The molecule has 4 rings (SSSR count). The highest BCUT2D eigenvalue weighted by atomic mass is 16.4. The molecular formula is C21H21N3O3. The van der Waals surface area contributed by atoms with Crippen molar-refractivity contribution in [1.82, 2.24) is 9.97 Å². The lowest BCUT2D eigenvalue weighted by molar-refractivity contribution is -0.143. The van der Waals surface area contributed by atoms with Crippen molar-refractivity contribution in [3.05, 3.63) is 48.5 Å². The number of hydrogen-bond donors (Lipinski definition) is 3. The smallest absolute Gasteiger partial charge is 0.306 e. The molecule has 1 aromatic heterocycles. The van der Waals surface area contributed by atoms with Crippen LogP contribution in [0.1, 0.15) is 25.7 Å². The average molecular weight is 363 g/mol. The molecule has 0 bridgehead atoms. The lowest BCUT2D eigenvalue weighted by Crippen LogP contribution is -2.29. The van der Waals surface area contributed by atoms with Gasteiger partial charge in [0.2, 0.25) is 5.91 Å². The zero-order chi connectivity index (χ0) is 18.8. The number of amides is 1. The average Bonchev–Trinajstić information content (AvgIpc) is 3.12. The molecule has 1 fully saturated rings. The number of H-pyrrole nitrogens is 1. The first kappa shape index (κ1) is 17.3. The summed E-state index contributed by atoms with van der Waals surface area (Å²) < 4.78 is 0. The highest BCUT2D eigenvalue weighted by Crippen LogP contribution is 2.30. The van der Waals surface area contributed by atoms with Gasteiger partial charge in [-0.2, -0.15) is 0 Å². The Morgan fingerprint density at radius 3 is 2.48 bits per heavy atom. The summed E-state index contributed by atoms with van der Waals surface area (Å²) in [4.78, 5) is 31.5.